The van der Waals surface area contributed by atoms with E-state index in [1.54, 1.807) is 0 Å². The maximum atomic E-state index is 11.0. The first-order valence-corrected chi connectivity index (χ1v) is 7.36. The second kappa shape index (κ2) is 4.49. The van der Waals surface area contributed by atoms with Crippen molar-refractivity contribution in [1.82, 2.24) is 4.90 Å². The molecule has 4 aliphatic carbocycles. The van der Waals surface area contributed by atoms with Crippen molar-refractivity contribution in [1.29, 1.82) is 5.26 Å². The van der Waals surface area contributed by atoms with Crippen LogP contribution in [0.3, 0.4) is 0 Å². The van der Waals surface area contributed by atoms with Crippen molar-refractivity contribution in [2.45, 2.75) is 44.1 Å². The lowest BCUT2D eigenvalue weighted by atomic mass is 9.52. The Morgan fingerprint density at radius 2 is 1.79 bits per heavy atom. The molecule has 1 atom stereocenters. The standard InChI is InChI=1S/C15H22N2O2/c1-17(9-13(8-16)14(18)19)15-5-10-2-11(6-15)4-12(3-10)7-15/h10-13H,2-7,9H2,1H3,(H,18,19). The minimum absolute atomic E-state index is 0.194. The molecule has 0 aromatic heterocycles. The Hall–Kier alpha value is -1.08. The molecule has 1 N–H and O–H groups in total. The van der Waals surface area contributed by atoms with E-state index in [1.165, 1.54) is 38.5 Å². The van der Waals surface area contributed by atoms with E-state index >= 15 is 0 Å². The van der Waals surface area contributed by atoms with Crippen LogP contribution in [0.1, 0.15) is 38.5 Å². The van der Waals surface area contributed by atoms with Crippen LogP contribution < -0.4 is 0 Å². The van der Waals surface area contributed by atoms with Gasteiger partial charge in [0, 0.05) is 12.1 Å². The van der Waals surface area contributed by atoms with E-state index in [0.29, 0.717) is 6.54 Å². The van der Waals surface area contributed by atoms with Gasteiger partial charge in [0.15, 0.2) is 5.92 Å². The second-order valence-electron chi connectivity index (χ2n) is 7.04. The summed E-state index contributed by atoms with van der Waals surface area (Å²) in [4.78, 5) is 13.3. The highest BCUT2D eigenvalue weighted by Gasteiger charge is 2.52. The number of nitriles is 1. The zero-order valence-electron chi connectivity index (χ0n) is 11.5. The number of nitrogens with zero attached hydrogens (tertiary/aromatic N) is 2. The molecule has 0 amide bonds. The lowest BCUT2D eigenvalue weighted by Gasteiger charge is -2.60. The summed E-state index contributed by atoms with van der Waals surface area (Å²) in [7, 11) is 2.03. The molecule has 19 heavy (non-hydrogen) atoms. The summed E-state index contributed by atoms with van der Waals surface area (Å²) in [6, 6.07) is 1.92. The Kier molecular flexibility index (Phi) is 3.05. The average molecular weight is 262 g/mol. The van der Waals surface area contributed by atoms with Crippen LogP contribution in [0, 0.1) is 35.0 Å². The van der Waals surface area contributed by atoms with Gasteiger partial charge in [-0.3, -0.25) is 9.69 Å². The fourth-order valence-corrected chi connectivity index (χ4v) is 5.17. The number of hydrogen-bond acceptors (Lipinski definition) is 3. The number of carbonyl (C=O) groups is 1. The molecule has 0 aromatic carbocycles. The molecule has 0 aromatic rings. The predicted octanol–water partition coefficient (Wildman–Crippen LogP) is 2.11. The molecule has 1 unspecified atom stereocenters. The minimum Gasteiger partial charge on any atom is -0.480 e. The largest absolute Gasteiger partial charge is 0.480 e. The fraction of sp³-hybridized carbons (Fsp3) is 0.867. The summed E-state index contributed by atoms with van der Waals surface area (Å²) in [5.41, 5.74) is 0.194. The third-order valence-corrected chi connectivity index (χ3v) is 5.73. The van der Waals surface area contributed by atoms with Crippen molar-refractivity contribution in [2.75, 3.05) is 13.6 Å². The average Bonchev–Trinajstić information content (AvgIpc) is 2.33. The minimum atomic E-state index is -0.987. The van der Waals surface area contributed by atoms with Crippen molar-refractivity contribution < 1.29 is 9.90 Å². The van der Waals surface area contributed by atoms with Gasteiger partial charge in [-0.25, -0.2) is 0 Å². The molecule has 4 heteroatoms. The van der Waals surface area contributed by atoms with Gasteiger partial charge in [0.25, 0.3) is 0 Å². The van der Waals surface area contributed by atoms with Gasteiger partial charge >= 0.3 is 5.97 Å². The normalized spacial score (nSPS) is 41.2. The van der Waals surface area contributed by atoms with Crippen molar-refractivity contribution in [3.63, 3.8) is 0 Å². The lowest BCUT2D eigenvalue weighted by molar-refractivity contribution is -0.142. The SMILES string of the molecule is CN(CC(C#N)C(=O)O)C12CC3CC(CC(C3)C1)C2. The summed E-state index contributed by atoms with van der Waals surface area (Å²) in [6.07, 6.45) is 7.79. The van der Waals surface area contributed by atoms with E-state index in [1.807, 2.05) is 13.1 Å². The molecule has 0 heterocycles. The highest BCUT2D eigenvalue weighted by atomic mass is 16.4. The molecule has 4 saturated carbocycles. The Morgan fingerprint density at radius 1 is 1.32 bits per heavy atom. The number of aliphatic carboxylic acids is 1. The maximum absolute atomic E-state index is 11.0. The molecule has 4 aliphatic rings. The van der Waals surface area contributed by atoms with Crippen LogP contribution in [0.15, 0.2) is 0 Å². The smallest absolute Gasteiger partial charge is 0.322 e. The molecule has 4 rings (SSSR count). The zero-order chi connectivity index (χ0) is 13.6. The van der Waals surface area contributed by atoms with Crippen LogP contribution in [0.25, 0.3) is 0 Å². The predicted molar refractivity (Wildman–Crippen MR) is 70.3 cm³/mol. The van der Waals surface area contributed by atoms with E-state index in [2.05, 4.69) is 4.90 Å². The Morgan fingerprint density at radius 3 is 2.16 bits per heavy atom. The van der Waals surface area contributed by atoms with Gasteiger partial charge in [-0.05, 0) is 63.3 Å². The van der Waals surface area contributed by atoms with Gasteiger partial charge in [0.05, 0.1) is 6.07 Å². The Balaban J connectivity index is 1.74. The highest BCUT2D eigenvalue weighted by molar-refractivity contribution is 5.73. The van der Waals surface area contributed by atoms with Crippen LogP contribution in [0.5, 0.6) is 0 Å². The van der Waals surface area contributed by atoms with E-state index in [9.17, 15) is 4.79 Å². The van der Waals surface area contributed by atoms with Gasteiger partial charge in [-0.15, -0.1) is 0 Å². The topological polar surface area (TPSA) is 64.3 Å². The first-order chi connectivity index (χ1) is 9.02. The maximum Gasteiger partial charge on any atom is 0.322 e. The molecule has 4 fully saturated rings. The summed E-state index contributed by atoms with van der Waals surface area (Å²) in [6.45, 7) is 0.373. The van der Waals surface area contributed by atoms with Gasteiger partial charge in [-0.2, -0.15) is 5.26 Å². The number of carboxylic acids is 1. The summed E-state index contributed by atoms with van der Waals surface area (Å²) < 4.78 is 0. The summed E-state index contributed by atoms with van der Waals surface area (Å²) in [5, 5.41) is 18.0. The van der Waals surface area contributed by atoms with Crippen LogP contribution in [-0.2, 0) is 4.79 Å². The highest BCUT2D eigenvalue weighted by Crippen LogP contribution is 2.57. The van der Waals surface area contributed by atoms with Crippen molar-refractivity contribution in [3.05, 3.63) is 0 Å². The summed E-state index contributed by atoms with van der Waals surface area (Å²) >= 11 is 0. The van der Waals surface area contributed by atoms with E-state index in [0.717, 1.165) is 17.8 Å². The monoisotopic (exact) mass is 262 g/mol. The molecule has 0 radical (unpaired) electrons. The van der Waals surface area contributed by atoms with Crippen LogP contribution in [-0.4, -0.2) is 35.1 Å². The molecule has 104 valence electrons. The number of hydrogen-bond donors (Lipinski definition) is 1. The van der Waals surface area contributed by atoms with Gasteiger partial charge in [0.1, 0.15) is 0 Å². The van der Waals surface area contributed by atoms with E-state index < -0.39 is 11.9 Å². The molecular formula is C15H22N2O2. The van der Waals surface area contributed by atoms with Crippen LogP contribution in [0.4, 0.5) is 0 Å². The quantitative estimate of drug-likeness (QED) is 0.842. The van der Waals surface area contributed by atoms with Crippen molar-refractivity contribution in [2.24, 2.45) is 23.7 Å². The fourth-order valence-electron chi connectivity index (χ4n) is 5.17. The van der Waals surface area contributed by atoms with Gasteiger partial charge < -0.3 is 5.11 Å². The third kappa shape index (κ3) is 2.14. The molecular weight excluding hydrogens is 240 g/mol. The lowest BCUT2D eigenvalue weighted by Crippen LogP contribution is -2.59. The number of rotatable bonds is 4. The number of carboxylic acid groups (broad SMARTS) is 1. The molecule has 0 spiro atoms. The first-order valence-electron chi connectivity index (χ1n) is 7.36. The summed E-state index contributed by atoms with van der Waals surface area (Å²) in [5.74, 6) is 0.661. The van der Waals surface area contributed by atoms with Crippen molar-refractivity contribution in [3.8, 4) is 6.07 Å². The van der Waals surface area contributed by atoms with Crippen LogP contribution in [0.2, 0.25) is 0 Å². The Labute approximate surface area is 114 Å². The van der Waals surface area contributed by atoms with E-state index in [4.69, 9.17) is 10.4 Å². The van der Waals surface area contributed by atoms with Crippen molar-refractivity contribution >= 4 is 5.97 Å². The van der Waals surface area contributed by atoms with Crippen LogP contribution >= 0.6 is 0 Å². The van der Waals surface area contributed by atoms with E-state index in [-0.39, 0.29) is 5.54 Å². The molecule has 0 saturated heterocycles. The zero-order valence-corrected chi connectivity index (χ0v) is 11.5. The second-order valence-corrected chi connectivity index (χ2v) is 7.04. The van der Waals surface area contributed by atoms with Gasteiger partial charge in [-0.1, -0.05) is 0 Å². The van der Waals surface area contributed by atoms with Gasteiger partial charge in [0.2, 0.25) is 0 Å². The third-order valence-electron chi connectivity index (χ3n) is 5.73. The molecule has 0 aliphatic heterocycles. The molecule has 4 nitrogen and oxygen atoms in total. The first kappa shape index (κ1) is 12.9. The Bertz CT molecular complexity index is 391. The molecule has 4 bridgehead atoms.